The summed E-state index contributed by atoms with van der Waals surface area (Å²) in [7, 11) is 1.79. The van der Waals surface area contributed by atoms with E-state index >= 15 is 0 Å². The first-order valence-electron chi connectivity index (χ1n) is 11.9. The highest BCUT2D eigenvalue weighted by Crippen LogP contribution is 2.40. The van der Waals surface area contributed by atoms with Gasteiger partial charge in [-0.3, -0.25) is 19.9 Å². The van der Waals surface area contributed by atoms with E-state index in [1.54, 1.807) is 17.8 Å². The fraction of sp³-hybridized carbons (Fsp3) is 0.600. The molecular formula is C25H34N4O3. The monoisotopic (exact) mass is 438 g/mol. The highest BCUT2D eigenvalue weighted by Gasteiger charge is 2.35. The quantitative estimate of drug-likeness (QED) is 0.760. The topological polar surface area (TPSA) is 93.1 Å². The molecule has 3 atom stereocenters. The predicted octanol–water partition coefficient (Wildman–Crippen LogP) is 3.92. The van der Waals surface area contributed by atoms with Gasteiger partial charge in [0.15, 0.2) is 0 Å². The van der Waals surface area contributed by atoms with Gasteiger partial charge in [-0.1, -0.05) is 26.2 Å². The third-order valence-electron chi connectivity index (χ3n) is 7.42. The number of amides is 3. The normalized spacial score (nSPS) is 24.3. The number of nitrogens with zero attached hydrogens (tertiary/aromatic N) is 2. The number of pyridine rings is 2. The lowest BCUT2D eigenvalue weighted by Crippen LogP contribution is -2.47. The third kappa shape index (κ3) is 4.71. The molecule has 2 heterocycles. The molecule has 0 spiro atoms. The van der Waals surface area contributed by atoms with E-state index in [1.807, 2.05) is 19.1 Å². The first-order valence-corrected chi connectivity index (χ1v) is 11.9. The average molecular weight is 439 g/mol. The zero-order valence-electron chi connectivity index (χ0n) is 19.3. The summed E-state index contributed by atoms with van der Waals surface area (Å²) in [6.45, 7) is 4.06. The van der Waals surface area contributed by atoms with Crippen LogP contribution in [0.1, 0.15) is 75.5 Å². The summed E-state index contributed by atoms with van der Waals surface area (Å²) in [5.41, 5.74) is 2.45. The minimum absolute atomic E-state index is 0.0175. The standard InChI is InChI=1S/C25H34N4O3/c1-15-9-10-17(23(30)28-25(32)27-19-7-5-4-6-8-19)12-20(15)21-13-18-14-26-16(2)11-22(18)29(3)24(21)31/h11,13-15,17,19-20H,4-10,12H2,1-3H3,(H2,27,28,30,32). The summed E-state index contributed by atoms with van der Waals surface area (Å²) < 4.78 is 1.69. The van der Waals surface area contributed by atoms with E-state index in [-0.39, 0.29) is 35.4 Å². The number of imide groups is 1. The van der Waals surface area contributed by atoms with Crippen molar-refractivity contribution < 1.29 is 9.59 Å². The Kier molecular flexibility index (Phi) is 6.63. The summed E-state index contributed by atoms with van der Waals surface area (Å²) in [6, 6.07) is 3.64. The number of carbonyl (C=O) groups excluding carboxylic acids is 2. The van der Waals surface area contributed by atoms with Gasteiger partial charge < -0.3 is 9.88 Å². The lowest BCUT2D eigenvalue weighted by atomic mass is 9.71. The molecule has 3 amide bonds. The van der Waals surface area contributed by atoms with Crippen molar-refractivity contribution in [1.29, 1.82) is 0 Å². The van der Waals surface area contributed by atoms with Crippen LogP contribution in [-0.2, 0) is 11.8 Å². The van der Waals surface area contributed by atoms with Crippen LogP contribution in [0.2, 0.25) is 0 Å². The number of hydrogen-bond acceptors (Lipinski definition) is 4. The third-order valence-corrected chi connectivity index (χ3v) is 7.42. The summed E-state index contributed by atoms with van der Waals surface area (Å²) in [5.74, 6) is -0.237. The molecule has 7 nitrogen and oxygen atoms in total. The highest BCUT2D eigenvalue weighted by molar-refractivity contribution is 5.95. The number of rotatable bonds is 3. The van der Waals surface area contributed by atoms with Crippen LogP contribution >= 0.6 is 0 Å². The molecule has 172 valence electrons. The molecule has 0 saturated heterocycles. The average Bonchev–Trinajstić information content (AvgIpc) is 2.77. The van der Waals surface area contributed by atoms with E-state index in [4.69, 9.17) is 0 Å². The molecule has 7 heteroatoms. The Balaban J connectivity index is 1.49. The minimum Gasteiger partial charge on any atom is -0.335 e. The fourth-order valence-corrected chi connectivity index (χ4v) is 5.43. The lowest BCUT2D eigenvalue weighted by Gasteiger charge is -2.34. The molecule has 2 N–H and O–H groups in total. The zero-order chi connectivity index (χ0) is 22.8. The number of carbonyl (C=O) groups is 2. The molecule has 4 rings (SSSR count). The highest BCUT2D eigenvalue weighted by atomic mass is 16.2. The van der Waals surface area contributed by atoms with Gasteiger partial charge in [0.05, 0.1) is 5.52 Å². The molecular weight excluding hydrogens is 404 g/mol. The second-order valence-electron chi connectivity index (χ2n) is 9.74. The van der Waals surface area contributed by atoms with Crippen molar-refractivity contribution in [2.75, 3.05) is 0 Å². The molecule has 0 radical (unpaired) electrons. The SMILES string of the molecule is Cc1cc2c(cn1)cc(C1CC(C(=O)NC(=O)NC3CCCCC3)CCC1C)c(=O)n2C. The first-order chi connectivity index (χ1) is 15.3. The van der Waals surface area contributed by atoms with Gasteiger partial charge in [-0.25, -0.2) is 4.79 Å². The lowest BCUT2D eigenvalue weighted by molar-refractivity contribution is -0.125. The van der Waals surface area contributed by atoms with Crippen molar-refractivity contribution in [2.45, 2.75) is 77.2 Å². The smallest absolute Gasteiger partial charge is 0.321 e. The van der Waals surface area contributed by atoms with E-state index in [9.17, 15) is 14.4 Å². The number of aromatic nitrogens is 2. The molecule has 2 fully saturated rings. The Bertz CT molecular complexity index is 1070. The Morgan fingerprint density at radius 3 is 2.59 bits per heavy atom. The second-order valence-corrected chi connectivity index (χ2v) is 9.74. The second kappa shape index (κ2) is 9.43. The van der Waals surface area contributed by atoms with Crippen molar-refractivity contribution in [2.24, 2.45) is 18.9 Å². The fourth-order valence-electron chi connectivity index (χ4n) is 5.43. The zero-order valence-corrected chi connectivity index (χ0v) is 19.3. The molecule has 2 saturated carbocycles. The number of fused-ring (bicyclic) bond motifs is 1. The molecule has 0 bridgehead atoms. The number of urea groups is 1. The molecule has 2 aromatic heterocycles. The summed E-state index contributed by atoms with van der Waals surface area (Å²) in [6.07, 6.45) is 9.37. The molecule has 3 unspecified atom stereocenters. The van der Waals surface area contributed by atoms with E-state index in [0.29, 0.717) is 12.3 Å². The van der Waals surface area contributed by atoms with E-state index < -0.39 is 0 Å². The number of aryl methyl sites for hydroxylation is 2. The summed E-state index contributed by atoms with van der Waals surface area (Å²) in [4.78, 5) is 42.8. The van der Waals surface area contributed by atoms with Gasteiger partial charge in [0, 0.05) is 41.8 Å². The van der Waals surface area contributed by atoms with Gasteiger partial charge in [-0.05, 0) is 63.0 Å². The van der Waals surface area contributed by atoms with Crippen LogP contribution in [0.5, 0.6) is 0 Å². The Labute approximate surface area is 189 Å². The van der Waals surface area contributed by atoms with Gasteiger partial charge in [-0.2, -0.15) is 0 Å². The Morgan fingerprint density at radius 2 is 1.84 bits per heavy atom. The van der Waals surface area contributed by atoms with Crippen LogP contribution in [0.15, 0.2) is 23.1 Å². The van der Waals surface area contributed by atoms with Crippen LogP contribution in [0.3, 0.4) is 0 Å². The van der Waals surface area contributed by atoms with Gasteiger partial charge in [0.1, 0.15) is 0 Å². The minimum atomic E-state index is -0.389. The van der Waals surface area contributed by atoms with Crippen LogP contribution in [0.25, 0.3) is 10.9 Å². The predicted molar refractivity (Wildman–Crippen MR) is 125 cm³/mol. The number of hydrogen-bond donors (Lipinski definition) is 2. The summed E-state index contributed by atoms with van der Waals surface area (Å²) in [5, 5.41) is 6.44. The first kappa shape index (κ1) is 22.5. The van der Waals surface area contributed by atoms with Crippen LogP contribution < -0.4 is 16.2 Å². The molecule has 0 aliphatic heterocycles. The van der Waals surface area contributed by atoms with Gasteiger partial charge in [0.25, 0.3) is 5.56 Å². The van der Waals surface area contributed by atoms with Crippen molar-refractivity contribution >= 4 is 22.8 Å². The molecule has 2 aromatic rings. The molecule has 2 aliphatic carbocycles. The van der Waals surface area contributed by atoms with Crippen molar-refractivity contribution in [3.8, 4) is 0 Å². The molecule has 32 heavy (non-hydrogen) atoms. The van der Waals surface area contributed by atoms with E-state index in [1.165, 1.54) is 6.42 Å². The van der Waals surface area contributed by atoms with Gasteiger partial charge >= 0.3 is 6.03 Å². The largest absolute Gasteiger partial charge is 0.335 e. The maximum Gasteiger partial charge on any atom is 0.321 e. The Morgan fingerprint density at radius 1 is 1.09 bits per heavy atom. The van der Waals surface area contributed by atoms with Crippen LogP contribution in [0, 0.1) is 18.8 Å². The van der Waals surface area contributed by atoms with Crippen LogP contribution in [0.4, 0.5) is 4.79 Å². The molecule has 0 aromatic carbocycles. The van der Waals surface area contributed by atoms with Crippen molar-refractivity contribution in [3.05, 3.63) is 39.9 Å². The maximum absolute atomic E-state index is 13.2. The van der Waals surface area contributed by atoms with Crippen molar-refractivity contribution in [3.63, 3.8) is 0 Å². The van der Waals surface area contributed by atoms with E-state index in [0.717, 1.165) is 60.7 Å². The Hall–Kier alpha value is -2.70. The van der Waals surface area contributed by atoms with Gasteiger partial charge in [-0.15, -0.1) is 0 Å². The number of nitrogens with one attached hydrogen (secondary N) is 2. The van der Waals surface area contributed by atoms with Crippen molar-refractivity contribution in [1.82, 2.24) is 20.2 Å². The van der Waals surface area contributed by atoms with Gasteiger partial charge in [0.2, 0.25) is 5.91 Å². The van der Waals surface area contributed by atoms with E-state index in [2.05, 4.69) is 22.5 Å². The summed E-state index contributed by atoms with van der Waals surface area (Å²) >= 11 is 0. The maximum atomic E-state index is 13.2. The van der Waals surface area contributed by atoms with Crippen LogP contribution in [-0.4, -0.2) is 27.5 Å². The molecule has 2 aliphatic rings.